The van der Waals surface area contributed by atoms with Crippen LogP contribution in [0, 0.1) is 0 Å². The first kappa shape index (κ1) is 18.5. The molecule has 0 radical (unpaired) electrons. The van der Waals surface area contributed by atoms with Crippen molar-refractivity contribution in [2.45, 2.75) is 77.2 Å². The molecule has 0 bridgehead atoms. The summed E-state index contributed by atoms with van der Waals surface area (Å²) < 4.78 is 0. The monoisotopic (exact) mass is 317 g/mol. The summed E-state index contributed by atoms with van der Waals surface area (Å²) in [5, 5.41) is 9.38. The minimum atomic E-state index is 0.317. The molecule has 0 amide bonds. The number of hydrogen-bond donors (Lipinski definition) is 1. The van der Waals surface area contributed by atoms with E-state index < -0.39 is 0 Å². The van der Waals surface area contributed by atoms with Crippen LogP contribution >= 0.6 is 0 Å². The molecule has 2 rings (SSSR count). The van der Waals surface area contributed by atoms with Gasteiger partial charge in [-0.05, 0) is 49.8 Å². The van der Waals surface area contributed by atoms with Crippen LogP contribution in [-0.4, -0.2) is 35.7 Å². The summed E-state index contributed by atoms with van der Waals surface area (Å²) in [5.74, 6) is 0. The van der Waals surface area contributed by atoms with E-state index >= 15 is 0 Å². The number of rotatable bonds is 11. The maximum atomic E-state index is 9.38. The van der Waals surface area contributed by atoms with Gasteiger partial charge in [0.1, 0.15) is 0 Å². The molecule has 2 nitrogen and oxygen atoms in total. The fourth-order valence-electron chi connectivity index (χ4n) is 3.65. The highest BCUT2D eigenvalue weighted by Gasteiger charge is 2.22. The average molecular weight is 318 g/mol. The molecule has 1 heterocycles. The normalized spacial score (nSPS) is 18.6. The minimum Gasteiger partial charge on any atom is -0.395 e. The molecule has 0 aromatic heterocycles. The first-order chi connectivity index (χ1) is 11.3. The van der Waals surface area contributed by atoms with Crippen molar-refractivity contribution in [3.8, 4) is 0 Å². The first-order valence-electron chi connectivity index (χ1n) is 9.76. The summed E-state index contributed by atoms with van der Waals surface area (Å²) in [6.07, 6.45) is 13.0. The van der Waals surface area contributed by atoms with Gasteiger partial charge in [-0.2, -0.15) is 0 Å². The second-order valence-electron chi connectivity index (χ2n) is 7.10. The smallest absolute Gasteiger partial charge is 0.0586 e. The lowest BCUT2D eigenvalue weighted by molar-refractivity contribution is 0.160. The predicted molar refractivity (Wildman–Crippen MR) is 98.9 cm³/mol. The Morgan fingerprint density at radius 1 is 0.957 bits per heavy atom. The maximum absolute atomic E-state index is 9.38. The van der Waals surface area contributed by atoms with Crippen LogP contribution in [0.5, 0.6) is 0 Å². The zero-order valence-electron chi connectivity index (χ0n) is 15.0. The van der Waals surface area contributed by atoms with Gasteiger partial charge in [0.15, 0.2) is 0 Å². The molecule has 1 fully saturated rings. The lowest BCUT2D eigenvalue weighted by atomic mass is 10.0. The summed E-state index contributed by atoms with van der Waals surface area (Å²) in [7, 11) is 0. The Labute approximate surface area is 142 Å². The number of nitrogens with zero attached hydrogens (tertiary/aromatic N) is 1. The van der Waals surface area contributed by atoms with E-state index in [0.29, 0.717) is 12.6 Å². The molecule has 1 aromatic carbocycles. The largest absolute Gasteiger partial charge is 0.395 e. The van der Waals surface area contributed by atoms with E-state index in [-0.39, 0.29) is 0 Å². The number of aryl methyl sites for hydroxylation is 1. The SMILES string of the molecule is CCCCCCCCc1ccc(CCN2CCC[C@H]2CO)cc1. The van der Waals surface area contributed by atoms with Crippen LogP contribution in [0.25, 0.3) is 0 Å². The van der Waals surface area contributed by atoms with Crippen molar-refractivity contribution >= 4 is 0 Å². The van der Waals surface area contributed by atoms with Crippen LogP contribution in [0.2, 0.25) is 0 Å². The van der Waals surface area contributed by atoms with Crippen LogP contribution in [0.3, 0.4) is 0 Å². The maximum Gasteiger partial charge on any atom is 0.0586 e. The quantitative estimate of drug-likeness (QED) is 0.603. The topological polar surface area (TPSA) is 23.5 Å². The third-order valence-corrected chi connectivity index (χ3v) is 5.24. The van der Waals surface area contributed by atoms with Gasteiger partial charge in [0.2, 0.25) is 0 Å². The molecule has 1 aromatic rings. The number of hydrogen-bond acceptors (Lipinski definition) is 2. The third kappa shape index (κ3) is 6.64. The summed E-state index contributed by atoms with van der Waals surface area (Å²) >= 11 is 0. The standard InChI is InChI=1S/C21H35NO/c1-2-3-4-5-6-7-9-19-11-13-20(14-12-19)15-17-22-16-8-10-21(22)18-23/h11-14,21,23H,2-10,15-18H2,1H3/t21-/m0/s1. The van der Waals surface area contributed by atoms with Crippen molar-refractivity contribution in [3.05, 3.63) is 35.4 Å². The van der Waals surface area contributed by atoms with Crippen molar-refractivity contribution in [2.24, 2.45) is 0 Å². The molecule has 0 saturated carbocycles. The van der Waals surface area contributed by atoms with Crippen LogP contribution < -0.4 is 0 Å². The van der Waals surface area contributed by atoms with Crippen molar-refractivity contribution < 1.29 is 5.11 Å². The zero-order chi connectivity index (χ0) is 16.3. The summed E-state index contributed by atoms with van der Waals surface area (Å²) in [6.45, 7) is 4.83. The zero-order valence-corrected chi connectivity index (χ0v) is 15.0. The van der Waals surface area contributed by atoms with E-state index in [4.69, 9.17) is 0 Å². The number of aliphatic hydroxyl groups is 1. The van der Waals surface area contributed by atoms with Gasteiger partial charge in [0, 0.05) is 12.6 Å². The van der Waals surface area contributed by atoms with Gasteiger partial charge in [-0.25, -0.2) is 0 Å². The number of aliphatic hydroxyl groups excluding tert-OH is 1. The van der Waals surface area contributed by atoms with Gasteiger partial charge in [-0.1, -0.05) is 63.3 Å². The van der Waals surface area contributed by atoms with E-state index in [1.54, 1.807) is 0 Å². The van der Waals surface area contributed by atoms with E-state index in [0.717, 1.165) is 25.9 Å². The predicted octanol–water partition coefficient (Wildman–Crippen LogP) is 4.59. The summed E-state index contributed by atoms with van der Waals surface area (Å²) in [6, 6.07) is 9.64. The van der Waals surface area contributed by atoms with Crippen molar-refractivity contribution in [1.29, 1.82) is 0 Å². The van der Waals surface area contributed by atoms with Gasteiger partial charge >= 0.3 is 0 Å². The van der Waals surface area contributed by atoms with E-state index in [1.165, 1.54) is 62.5 Å². The molecular formula is C21H35NO. The molecule has 0 unspecified atom stereocenters. The van der Waals surface area contributed by atoms with Gasteiger partial charge in [0.25, 0.3) is 0 Å². The fraction of sp³-hybridized carbons (Fsp3) is 0.714. The Bertz CT molecular complexity index is 414. The highest BCUT2D eigenvalue weighted by molar-refractivity contribution is 5.23. The lowest BCUT2D eigenvalue weighted by Gasteiger charge is -2.22. The highest BCUT2D eigenvalue weighted by atomic mass is 16.3. The van der Waals surface area contributed by atoms with E-state index in [2.05, 4.69) is 36.1 Å². The summed E-state index contributed by atoms with van der Waals surface area (Å²) in [4.78, 5) is 2.45. The molecule has 1 atom stereocenters. The number of benzene rings is 1. The molecule has 1 saturated heterocycles. The molecule has 2 heteroatoms. The molecular weight excluding hydrogens is 282 g/mol. The van der Waals surface area contributed by atoms with Gasteiger partial charge < -0.3 is 5.11 Å². The molecule has 23 heavy (non-hydrogen) atoms. The van der Waals surface area contributed by atoms with Crippen LogP contribution in [-0.2, 0) is 12.8 Å². The van der Waals surface area contributed by atoms with Crippen LogP contribution in [0.15, 0.2) is 24.3 Å². The minimum absolute atomic E-state index is 0.317. The lowest BCUT2D eigenvalue weighted by Crippen LogP contribution is -2.33. The van der Waals surface area contributed by atoms with Crippen molar-refractivity contribution in [2.75, 3.05) is 19.7 Å². The van der Waals surface area contributed by atoms with Crippen LogP contribution in [0.4, 0.5) is 0 Å². The molecule has 1 aliphatic rings. The highest BCUT2D eigenvalue weighted by Crippen LogP contribution is 2.17. The number of unbranched alkanes of at least 4 members (excludes halogenated alkanes) is 5. The third-order valence-electron chi connectivity index (χ3n) is 5.24. The Hall–Kier alpha value is -0.860. The Morgan fingerprint density at radius 2 is 1.61 bits per heavy atom. The second kappa shape index (κ2) is 10.8. The summed E-state index contributed by atoms with van der Waals surface area (Å²) in [5.41, 5.74) is 2.92. The molecule has 0 aliphatic carbocycles. The van der Waals surface area contributed by atoms with Crippen molar-refractivity contribution in [1.82, 2.24) is 4.90 Å². The van der Waals surface area contributed by atoms with E-state index in [9.17, 15) is 5.11 Å². The first-order valence-corrected chi connectivity index (χ1v) is 9.76. The molecule has 0 spiro atoms. The molecule has 1 N–H and O–H groups in total. The Morgan fingerprint density at radius 3 is 2.30 bits per heavy atom. The van der Waals surface area contributed by atoms with Gasteiger partial charge in [0.05, 0.1) is 6.61 Å². The van der Waals surface area contributed by atoms with Crippen LogP contribution in [0.1, 0.15) is 69.4 Å². The van der Waals surface area contributed by atoms with Gasteiger partial charge in [-0.3, -0.25) is 4.90 Å². The van der Waals surface area contributed by atoms with E-state index in [1.807, 2.05) is 0 Å². The Kier molecular flexibility index (Phi) is 8.70. The Balaban J connectivity index is 1.64. The van der Waals surface area contributed by atoms with Gasteiger partial charge in [-0.15, -0.1) is 0 Å². The average Bonchev–Trinajstić information content (AvgIpc) is 3.05. The second-order valence-corrected chi connectivity index (χ2v) is 7.10. The molecule has 1 aliphatic heterocycles. The molecule has 130 valence electrons. The number of likely N-dealkylation sites (tertiary alicyclic amines) is 1. The van der Waals surface area contributed by atoms with Crippen molar-refractivity contribution in [3.63, 3.8) is 0 Å². The fourth-order valence-corrected chi connectivity index (χ4v) is 3.65.